The summed E-state index contributed by atoms with van der Waals surface area (Å²) in [6, 6.07) is 13.5. The molecule has 2 aromatic rings. The number of anilines is 1. The van der Waals surface area contributed by atoms with Crippen LogP contribution in [-0.2, 0) is 17.8 Å². The van der Waals surface area contributed by atoms with E-state index in [9.17, 15) is 4.79 Å². The fourth-order valence-electron chi connectivity index (χ4n) is 3.16. The summed E-state index contributed by atoms with van der Waals surface area (Å²) in [4.78, 5) is 14.5. The standard InChI is InChI=1S/C21H26ClN3O2/c1-15-6-7-19(11-20(15)22)24-21(26)23-12-17-4-3-5-18(10-17)14-25-8-9-27-16(2)13-25/h3-7,10-11,16H,8-9,12-14H2,1-2H3,(H2,23,24,26). The molecule has 5 nitrogen and oxygen atoms in total. The minimum Gasteiger partial charge on any atom is -0.376 e. The highest BCUT2D eigenvalue weighted by molar-refractivity contribution is 6.31. The van der Waals surface area contributed by atoms with Crippen molar-refractivity contribution in [3.05, 3.63) is 64.2 Å². The molecule has 27 heavy (non-hydrogen) atoms. The van der Waals surface area contributed by atoms with Crippen molar-refractivity contribution in [1.82, 2.24) is 10.2 Å². The summed E-state index contributed by atoms with van der Waals surface area (Å²) >= 11 is 6.09. The summed E-state index contributed by atoms with van der Waals surface area (Å²) in [5.41, 5.74) is 3.98. The lowest BCUT2D eigenvalue weighted by molar-refractivity contribution is -0.0212. The normalized spacial score (nSPS) is 17.5. The van der Waals surface area contributed by atoms with Gasteiger partial charge in [-0.05, 0) is 42.7 Å². The number of halogens is 1. The summed E-state index contributed by atoms with van der Waals surface area (Å²) in [6.45, 7) is 8.08. The number of nitrogens with one attached hydrogen (secondary N) is 2. The Bertz CT molecular complexity index is 797. The van der Waals surface area contributed by atoms with Gasteiger partial charge in [0.15, 0.2) is 0 Å². The Morgan fingerprint density at radius 3 is 2.85 bits per heavy atom. The minimum atomic E-state index is -0.248. The van der Waals surface area contributed by atoms with Gasteiger partial charge in [-0.25, -0.2) is 4.79 Å². The highest BCUT2D eigenvalue weighted by atomic mass is 35.5. The number of amides is 2. The molecule has 0 radical (unpaired) electrons. The number of rotatable bonds is 5. The van der Waals surface area contributed by atoms with E-state index in [1.54, 1.807) is 6.07 Å². The van der Waals surface area contributed by atoms with Crippen molar-refractivity contribution in [2.24, 2.45) is 0 Å². The number of urea groups is 1. The smallest absolute Gasteiger partial charge is 0.319 e. The third-order valence-electron chi connectivity index (χ3n) is 4.61. The van der Waals surface area contributed by atoms with E-state index in [4.69, 9.17) is 16.3 Å². The molecule has 1 heterocycles. The minimum absolute atomic E-state index is 0.248. The van der Waals surface area contributed by atoms with Gasteiger partial charge >= 0.3 is 6.03 Å². The van der Waals surface area contributed by atoms with Crippen molar-refractivity contribution in [2.75, 3.05) is 25.0 Å². The first-order chi connectivity index (χ1) is 13.0. The Labute approximate surface area is 165 Å². The van der Waals surface area contributed by atoms with E-state index in [2.05, 4.69) is 34.6 Å². The highest BCUT2D eigenvalue weighted by Gasteiger charge is 2.16. The van der Waals surface area contributed by atoms with Crippen LogP contribution in [0.2, 0.25) is 5.02 Å². The van der Waals surface area contributed by atoms with E-state index < -0.39 is 0 Å². The van der Waals surface area contributed by atoms with Crippen molar-refractivity contribution in [3.63, 3.8) is 0 Å². The van der Waals surface area contributed by atoms with Crippen LogP contribution < -0.4 is 10.6 Å². The lowest BCUT2D eigenvalue weighted by Crippen LogP contribution is -2.40. The quantitative estimate of drug-likeness (QED) is 0.808. The van der Waals surface area contributed by atoms with Crippen LogP contribution in [0.4, 0.5) is 10.5 Å². The van der Waals surface area contributed by atoms with Gasteiger partial charge in [0.25, 0.3) is 0 Å². The maximum absolute atomic E-state index is 12.1. The Morgan fingerprint density at radius 1 is 1.26 bits per heavy atom. The molecular formula is C21H26ClN3O2. The van der Waals surface area contributed by atoms with Gasteiger partial charge in [0.2, 0.25) is 0 Å². The van der Waals surface area contributed by atoms with Crippen LogP contribution in [0, 0.1) is 6.92 Å². The number of hydrogen-bond donors (Lipinski definition) is 2. The lowest BCUT2D eigenvalue weighted by atomic mass is 10.1. The van der Waals surface area contributed by atoms with E-state index in [1.165, 1.54) is 5.56 Å². The molecule has 0 saturated carbocycles. The number of carbonyl (C=O) groups excluding carboxylic acids is 1. The maximum Gasteiger partial charge on any atom is 0.319 e. The summed E-state index contributed by atoms with van der Waals surface area (Å²) < 4.78 is 5.59. The van der Waals surface area contributed by atoms with Crippen LogP contribution in [0.5, 0.6) is 0 Å². The molecule has 1 atom stereocenters. The first-order valence-corrected chi connectivity index (χ1v) is 9.60. The van der Waals surface area contributed by atoms with Crippen molar-refractivity contribution < 1.29 is 9.53 Å². The van der Waals surface area contributed by atoms with Gasteiger partial charge in [-0.15, -0.1) is 0 Å². The first-order valence-electron chi connectivity index (χ1n) is 9.22. The third-order valence-corrected chi connectivity index (χ3v) is 5.01. The predicted octanol–water partition coefficient (Wildman–Crippen LogP) is 4.19. The molecule has 144 valence electrons. The van der Waals surface area contributed by atoms with Crippen molar-refractivity contribution >= 4 is 23.3 Å². The van der Waals surface area contributed by atoms with Gasteiger partial charge < -0.3 is 15.4 Å². The summed E-state index contributed by atoms with van der Waals surface area (Å²) in [5.74, 6) is 0. The average molecular weight is 388 g/mol. The molecule has 1 saturated heterocycles. The third kappa shape index (κ3) is 5.96. The van der Waals surface area contributed by atoms with Crippen LogP contribution in [0.25, 0.3) is 0 Å². The summed E-state index contributed by atoms with van der Waals surface area (Å²) in [7, 11) is 0. The number of aryl methyl sites for hydroxylation is 1. The fourth-order valence-corrected chi connectivity index (χ4v) is 3.34. The largest absolute Gasteiger partial charge is 0.376 e. The monoisotopic (exact) mass is 387 g/mol. The van der Waals surface area contributed by atoms with Crippen LogP contribution in [0.3, 0.4) is 0 Å². The second kappa shape index (κ2) is 9.22. The van der Waals surface area contributed by atoms with Crippen molar-refractivity contribution in [1.29, 1.82) is 0 Å². The van der Waals surface area contributed by atoms with E-state index in [0.29, 0.717) is 17.3 Å². The van der Waals surface area contributed by atoms with Crippen LogP contribution in [0.1, 0.15) is 23.6 Å². The highest BCUT2D eigenvalue weighted by Crippen LogP contribution is 2.19. The van der Waals surface area contributed by atoms with Crippen LogP contribution in [-0.4, -0.2) is 36.7 Å². The van der Waals surface area contributed by atoms with Crippen LogP contribution >= 0.6 is 11.6 Å². The predicted molar refractivity (Wildman–Crippen MR) is 109 cm³/mol. The molecule has 0 bridgehead atoms. The second-order valence-electron chi connectivity index (χ2n) is 7.01. The van der Waals surface area contributed by atoms with Gasteiger partial charge in [0, 0.05) is 36.9 Å². The molecule has 3 rings (SSSR count). The SMILES string of the molecule is Cc1ccc(NC(=O)NCc2cccc(CN3CCOC(C)C3)c2)cc1Cl. The summed E-state index contributed by atoms with van der Waals surface area (Å²) in [6.07, 6.45) is 0.280. The zero-order valence-electron chi connectivity index (χ0n) is 15.8. The van der Waals surface area contributed by atoms with Gasteiger partial charge in [-0.3, -0.25) is 4.90 Å². The van der Waals surface area contributed by atoms with Crippen LogP contribution in [0.15, 0.2) is 42.5 Å². The molecule has 1 fully saturated rings. The van der Waals surface area contributed by atoms with Gasteiger partial charge in [-0.1, -0.05) is 41.9 Å². The fraction of sp³-hybridized carbons (Fsp3) is 0.381. The maximum atomic E-state index is 12.1. The van der Waals surface area contributed by atoms with E-state index in [-0.39, 0.29) is 12.1 Å². The zero-order valence-corrected chi connectivity index (χ0v) is 16.6. The number of nitrogens with zero attached hydrogens (tertiary/aromatic N) is 1. The Kier molecular flexibility index (Phi) is 6.72. The molecular weight excluding hydrogens is 362 g/mol. The molecule has 1 unspecified atom stereocenters. The number of hydrogen-bond acceptors (Lipinski definition) is 3. The van der Waals surface area contributed by atoms with Crippen molar-refractivity contribution in [2.45, 2.75) is 33.0 Å². The number of ether oxygens (including phenoxy) is 1. The molecule has 2 N–H and O–H groups in total. The van der Waals surface area contributed by atoms with E-state index in [1.807, 2.05) is 31.2 Å². The Balaban J connectivity index is 1.51. The average Bonchev–Trinajstić information content (AvgIpc) is 2.63. The molecule has 1 aliphatic rings. The van der Waals surface area contributed by atoms with Crippen molar-refractivity contribution in [3.8, 4) is 0 Å². The molecule has 2 amide bonds. The molecule has 2 aromatic carbocycles. The first kappa shape index (κ1) is 19.7. The van der Waals surface area contributed by atoms with Gasteiger partial charge in [0.1, 0.15) is 0 Å². The second-order valence-corrected chi connectivity index (χ2v) is 7.42. The topological polar surface area (TPSA) is 53.6 Å². The molecule has 0 aliphatic carbocycles. The molecule has 0 aromatic heterocycles. The Hall–Kier alpha value is -2.08. The molecule has 0 spiro atoms. The molecule has 1 aliphatic heterocycles. The van der Waals surface area contributed by atoms with E-state index >= 15 is 0 Å². The summed E-state index contributed by atoms with van der Waals surface area (Å²) in [5, 5.41) is 6.34. The van der Waals surface area contributed by atoms with Gasteiger partial charge in [-0.2, -0.15) is 0 Å². The molecule has 6 heteroatoms. The number of morpholine rings is 1. The zero-order chi connectivity index (χ0) is 19.2. The Morgan fingerprint density at radius 2 is 2.07 bits per heavy atom. The number of carbonyl (C=O) groups is 1. The van der Waals surface area contributed by atoms with Gasteiger partial charge in [0.05, 0.1) is 12.7 Å². The lowest BCUT2D eigenvalue weighted by Gasteiger charge is -2.31. The van der Waals surface area contributed by atoms with E-state index in [0.717, 1.165) is 37.4 Å². The number of benzene rings is 2.